The number of carbonyl (C=O) groups is 4. The van der Waals surface area contributed by atoms with Crippen molar-refractivity contribution in [3.8, 4) is 0 Å². The molecule has 3 aromatic carbocycles. The van der Waals surface area contributed by atoms with E-state index in [9.17, 15) is 14.4 Å². The molecule has 0 aromatic heterocycles. The summed E-state index contributed by atoms with van der Waals surface area (Å²) in [5.41, 5.74) is 9.79. The van der Waals surface area contributed by atoms with Crippen molar-refractivity contribution in [3.05, 3.63) is 107 Å². The zero-order valence-electron chi connectivity index (χ0n) is 32.2. The molecule has 4 atom stereocenters. The zero-order chi connectivity index (χ0) is 38.4. The van der Waals surface area contributed by atoms with Gasteiger partial charge in [0.15, 0.2) is 0 Å². The van der Waals surface area contributed by atoms with E-state index in [1.54, 1.807) is 31.3 Å². The van der Waals surface area contributed by atoms with E-state index in [2.05, 4.69) is 6.07 Å². The van der Waals surface area contributed by atoms with Gasteiger partial charge in [-0.15, -0.1) is 0 Å². The second-order valence-corrected chi connectivity index (χ2v) is 15.9. The van der Waals surface area contributed by atoms with Gasteiger partial charge in [0.1, 0.15) is 5.60 Å². The Kier molecular flexibility index (Phi) is 12.9. The number of likely N-dealkylation sites (N-methyl/N-ethyl adjacent to an activating group) is 1. The van der Waals surface area contributed by atoms with Crippen LogP contribution in [0.1, 0.15) is 85.9 Å². The Morgan fingerprint density at radius 1 is 0.865 bits per heavy atom. The minimum Gasteiger partial charge on any atom is -0.465 e. The molecule has 0 aliphatic carbocycles. The van der Waals surface area contributed by atoms with Gasteiger partial charge >= 0.3 is 12.1 Å². The number of benzene rings is 3. The fourth-order valence-corrected chi connectivity index (χ4v) is 6.82. The Morgan fingerprint density at radius 2 is 1.44 bits per heavy atom. The predicted molar refractivity (Wildman–Crippen MR) is 203 cm³/mol. The molecule has 2 N–H and O–H groups in total. The molecular formula is C42H56N4O6. The van der Waals surface area contributed by atoms with Crippen LogP contribution in [-0.2, 0) is 33.7 Å². The van der Waals surface area contributed by atoms with Gasteiger partial charge in [0.05, 0.1) is 24.6 Å². The first-order chi connectivity index (χ1) is 24.4. The van der Waals surface area contributed by atoms with Gasteiger partial charge in [0, 0.05) is 44.3 Å². The van der Waals surface area contributed by atoms with Crippen LogP contribution in [0.25, 0.3) is 0 Å². The number of methoxy groups -OCH3 is 1. The van der Waals surface area contributed by atoms with Gasteiger partial charge in [-0.1, -0.05) is 75.4 Å². The van der Waals surface area contributed by atoms with Gasteiger partial charge < -0.3 is 29.9 Å². The van der Waals surface area contributed by atoms with Crippen LogP contribution in [0.5, 0.6) is 0 Å². The van der Waals surface area contributed by atoms with E-state index in [1.165, 1.54) is 12.0 Å². The first-order valence-corrected chi connectivity index (χ1v) is 18.0. The predicted octanol–water partition coefficient (Wildman–Crippen LogP) is 6.36. The molecule has 3 amide bonds. The Morgan fingerprint density at radius 3 is 2.02 bits per heavy atom. The highest BCUT2D eigenvalue weighted by Gasteiger charge is 2.45. The summed E-state index contributed by atoms with van der Waals surface area (Å²) in [6, 6.07) is 22.9. The number of ether oxygens (including phenoxy) is 2. The number of hydrogen-bond acceptors (Lipinski definition) is 7. The molecule has 3 aromatic rings. The Hall–Kier alpha value is -4.70. The van der Waals surface area contributed by atoms with Gasteiger partial charge in [-0.05, 0) is 86.9 Å². The topological polar surface area (TPSA) is 122 Å². The van der Waals surface area contributed by atoms with Crippen LogP contribution < -0.4 is 5.73 Å². The first kappa shape index (κ1) is 40.1. The van der Waals surface area contributed by atoms with E-state index < -0.39 is 41.1 Å². The Labute approximate surface area is 309 Å². The smallest absolute Gasteiger partial charge is 0.410 e. The third-order valence-corrected chi connectivity index (χ3v) is 9.86. The summed E-state index contributed by atoms with van der Waals surface area (Å²) in [4.78, 5) is 59.6. The molecule has 0 saturated heterocycles. The summed E-state index contributed by atoms with van der Waals surface area (Å²) >= 11 is 0. The molecule has 4 rings (SSSR count). The van der Waals surface area contributed by atoms with Crippen LogP contribution in [0.3, 0.4) is 0 Å². The number of amides is 3. The molecule has 1 aliphatic rings. The minimum absolute atomic E-state index is 0.123. The van der Waals surface area contributed by atoms with E-state index >= 15 is 4.79 Å². The standard InChI is InChI=1S/C42H56N4O6/c1-28(44(8)40(50)52-42(5,6)7)36(43)35(41(2,3)4)38(48)46-26-33-18-14-13-17-32(33)25-34(46)27-45(24-23-29-15-11-10-12-16-29)37(47)30-19-21-31(22-20-30)39(49)51-9/h10-22,28,34-36H,23-27,43H2,1-9H3/t28-,34-,35-,36?/m0/s1. The van der Waals surface area contributed by atoms with Gasteiger partial charge in [-0.2, -0.15) is 0 Å². The quantitative estimate of drug-likeness (QED) is 0.230. The molecule has 0 spiro atoms. The fraction of sp³-hybridized carbons (Fsp3) is 0.476. The zero-order valence-corrected chi connectivity index (χ0v) is 32.2. The second-order valence-electron chi connectivity index (χ2n) is 15.9. The fourth-order valence-electron chi connectivity index (χ4n) is 6.82. The Balaban J connectivity index is 1.70. The summed E-state index contributed by atoms with van der Waals surface area (Å²) in [5, 5.41) is 0. The largest absolute Gasteiger partial charge is 0.465 e. The van der Waals surface area contributed by atoms with Crippen molar-refractivity contribution < 1.29 is 28.7 Å². The van der Waals surface area contributed by atoms with Crippen LogP contribution in [-0.4, -0.2) is 89.6 Å². The molecule has 52 heavy (non-hydrogen) atoms. The van der Waals surface area contributed by atoms with Crippen molar-refractivity contribution in [1.29, 1.82) is 0 Å². The highest BCUT2D eigenvalue weighted by molar-refractivity contribution is 5.96. The summed E-state index contributed by atoms with van der Waals surface area (Å²) in [6.45, 7) is 14.3. The highest BCUT2D eigenvalue weighted by atomic mass is 16.6. The number of rotatable bonds is 11. The van der Waals surface area contributed by atoms with E-state index in [-0.39, 0.29) is 24.4 Å². The molecule has 1 unspecified atom stereocenters. The van der Waals surface area contributed by atoms with Crippen LogP contribution in [0, 0.1) is 11.3 Å². The number of carbonyl (C=O) groups excluding carboxylic acids is 4. The van der Waals surface area contributed by atoms with Crippen molar-refractivity contribution >= 4 is 23.9 Å². The molecule has 280 valence electrons. The molecule has 0 bridgehead atoms. The minimum atomic E-state index is -0.716. The van der Waals surface area contributed by atoms with Crippen molar-refractivity contribution in [2.45, 2.75) is 91.6 Å². The first-order valence-electron chi connectivity index (χ1n) is 18.0. The van der Waals surface area contributed by atoms with Crippen LogP contribution in [0.4, 0.5) is 4.79 Å². The molecule has 0 radical (unpaired) electrons. The lowest BCUT2D eigenvalue weighted by Crippen LogP contribution is -2.61. The van der Waals surface area contributed by atoms with Crippen molar-refractivity contribution in [2.75, 3.05) is 27.2 Å². The summed E-state index contributed by atoms with van der Waals surface area (Å²) in [7, 11) is 2.97. The van der Waals surface area contributed by atoms with Crippen LogP contribution in [0.2, 0.25) is 0 Å². The van der Waals surface area contributed by atoms with E-state index in [1.807, 2.05) is 107 Å². The number of fused-ring (bicyclic) bond motifs is 1. The van der Waals surface area contributed by atoms with E-state index in [0.29, 0.717) is 37.1 Å². The van der Waals surface area contributed by atoms with Crippen molar-refractivity contribution in [2.24, 2.45) is 17.1 Å². The van der Waals surface area contributed by atoms with E-state index in [4.69, 9.17) is 15.2 Å². The van der Waals surface area contributed by atoms with Crippen LogP contribution in [0.15, 0.2) is 78.9 Å². The third-order valence-electron chi connectivity index (χ3n) is 9.86. The molecule has 10 heteroatoms. The van der Waals surface area contributed by atoms with Crippen molar-refractivity contribution in [3.63, 3.8) is 0 Å². The SMILES string of the molecule is COC(=O)c1ccc(C(=O)N(CCc2ccccc2)C[C@@H]2Cc3ccccc3CN2C(=O)[C@H](C(N)[C@H](C)N(C)C(=O)OC(C)(C)C)C(C)(C)C)cc1. The maximum atomic E-state index is 15.0. The van der Waals surface area contributed by atoms with Gasteiger partial charge in [0.2, 0.25) is 5.91 Å². The highest BCUT2D eigenvalue weighted by Crippen LogP contribution is 2.35. The van der Waals surface area contributed by atoms with Gasteiger partial charge in [0.25, 0.3) is 5.91 Å². The second kappa shape index (κ2) is 16.8. The average Bonchev–Trinajstić information content (AvgIpc) is 3.10. The Bertz CT molecular complexity index is 1700. The normalized spacial score (nSPS) is 16.2. The lowest BCUT2D eigenvalue weighted by molar-refractivity contribution is -0.145. The molecule has 1 aliphatic heterocycles. The maximum absolute atomic E-state index is 15.0. The monoisotopic (exact) mass is 712 g/mol. The average molecular weight is 713 g/mol. The van der Waals surface area contributed by atoms with Gasteiger partial charge in [-0.3, -0.25) is 9.59 Å². The number of nitrogens with zero attached hydrogens (tertiary/aromatic N) is 3. The molecule has 0 saturated carbocycles. The molecule has 10 nitrogen and oxygen atoms in total. The molecule has 1 heterocycles. The summed E-state index contributed by atoms with van der Waals surface area (Å²) in [6.07, 6.45) is 0.666. The molecule has 0 fully saturated rings. The summed E-state index contributed by atoms with van der Waals surface area (Å²) in [5.74, 6) is -1.47. The molecular weight excluding hydrogens is 656 g/mol. The van der Waals surface area contributed by atoms with E-state index in [0.717, 1.165) is 16.7 Å². The number of esters is 1. The number of hydrogen-bond donors (Lipinski definition) is 1. The lowest BCUT2D eigenvalue weighted by atomic mass is 9.73. The third kappa shape index (κ3) is 10.00. The summed E-state index contributed by atoms with van der Waals surface area (Å²) < 4.78 is 10.5. The van der Waals surface area contributed by atoms with Crippen molar-refractivity contribution in [1.82, 2.24) is 14.7 Å². The number of nitrogens with two attached hydrogens (primary N) is 1. The lowest BCUT2D eigenvalue weighted by Gasteiger charge is -2.46. The van der Waals surface area contributed by atoms with Crippen LogP contribution >= 0.6 is 0 Å². The maximum Gasteiger partial charge on any atom is 0.410 e. The van der Waals surface area contributed by atoms with Gasteiger partial charge in [-0.25, -0.2) is 9.59 Å².